The average molecular weight is 388 g/mol. The highest BCUT2D eigenvalue weighted by Gasteiger charge is 2.33. The van der Waals surface area contributed by atoms with E-state index in [1.165, 1.54) is 21.6 Å². The zero-order valence-electron chi connectivity index (χ0n) is 15.2. The molecule has 2 N–H and O–H groups in total. The van der Waals surface area contributed by atoms with Crippen LogP contribution in [-0.2, 0) is 13.1 Å². The number of halogens is 1. The van der Waals surface area contributed by atoms with Crippen molar-refractivity contribution in [2.24, 2.45) is 0 Å². The lowest BCUT2D eigenvalue weighted by Gasteiger charge is -2.31. The number of benzene rings is 1. The first kappa shape index (κ1) is 18.4. The van der Waals surface area contributed by atoms with Crippen molar-refractivity contribution in [3.8, 4) is 5.75 Å². The van der Waals surface area contributed by atoms with E-state index >= 15 is 0 Å². The largest absolute Gasteiger partial charge is 0.501 e. The smallest absolute Gasteiger partial charge is 0.332 e. The van der Waals surface area contributed by atoms with Crippen LogP contribution in [0.4, 0.5) is 4.39 Å². The van der Waals surface area contributed by atoms with Crippen molar-refractivity contribution in [3.05, 3.63) is 62.2 Å². The van der Waals surface area contributed by atoms with Crippen LogP contribution < -0.4 is 16.6 Å². The van der Waals surface area contributed by atoms with Crippen LogP contribution >= 0.6 is 0 Å². The zero-order valence-corrected chi connectivity index (χ0v) is 15.2. The van der Waals surface area contributed by atoms with Crippen LogP contribution in [0.15, 0.2) is 33.9 Å². The second-order valence-corrected chi connectivity index (χ2v) is 7.16. The third kappa shape index (κ3) is 3.11. The Balaban J connectivity index is 1.70. The molecule has 148 valence electrons. The number of aromatic nitrogens is 2. The van der Waals surface area contributed by atoms with Crippen LogP contribution in [0.5, 0.6) is 5.75 Å². The summed E-state index contributed by atoms with van der Waals surface area (Å²) in [6.45, 7) is 1.92. The second-order valence-electron chi connectivity index (χ2n) is 7.16. The number of aromatic hydroxyl groups is 1. The summed E-state index contributed by atoms with van der Waals surface area (Å²) in [7, 11) is 0. The first-order chi connectivity index (χ1) is 13.5. The van der Waals surface area contributed by atoms with Crippen molar-refractivity contribution in [2.75, 3.05) is 19.6 Å². The van der Waals surface area contributed by atoms with Gasteiger partial charge in [0.2, 0.25) is 5.75 Å². The number of carbonyl (C=O) groups is 1. The van der Waals surface area contributed by atoms with Crippen molar-refractivity contribution >= 4 is 5.91 Å². The number of nitrogens with one attached hydrogen (secondary N) is 1. The molecule has 1 saturated heterocycles. The van der Waals surface area contributed by atoms with Gasteiger partial charge in [-0.1, -0.05) is 12.1 Å². The molecular formula is C19H21FN4O4. The van der Waals surface area contributed by atoms with Crippen molar-refractivity contribution in [3.63, 3.8) is 0 Å². The molecule has 2 aromatic rings. The average Bonchev–Trinajstić information content (AvgIpc) is 2.70. The van der Waals surface area contributed by atoms with Crippen LogP contribution in [0.3, 0.4) is 0 Å². The van der Waals surface area contributed by atoms with E-state index in [1.54, 1.807) is 12.1 Å². The molecule has 1 fully saturated rings. The van der Waals surface area contributed by atoms with Crippen LogP contribution in [0.25, 0.3) is 0 Å². The number of nitrogens with zero attached hydrogens (tertiary/aromatic N) is 3. The monoisotopic (exact) mass is 388 g/mol. The first-order valence-corrected chi connectivity index (χ1v) is 9.30. The molecule has 1 unspecified atom stereocenters. The van der Waals surface area contributed by atoms with E-state index < -0.39 is 22.9 Å². The van der Waals surface area contributed by atoms with Crippen molar-refractivity contribution in [1.82, 2.24) is 19.4 Å². The SMILES string of the molecule is O=C1c2c(O)c(=O)n(C3CCCNC3)c(=O)n2CCN1Cc1ccc(F)cc1. The Hall–Kier alpha value is -2.94. The minimum absolute atomic E-state index is 0.176. The summed E-state index contributed by atoms with van der Waals surface area (Å²) in [6, 6.07) is 5.40. The van der Waals surface area contributed by atoms with Gasteiger partial charge in [-0.25, -0.2) is 9.18 Å². The molecule has 4 rings (SSSR count). The molecule has 2 aliphatic rings. The van der Waals surface area contributed by atoms with Gasteiger partial charge in [0.15, 0.2) is 5.69 Å². The normalized spacial score (nSPS) is 19.5. The Morgan fingerprint density at radius 3 is 2.57 bits per heavy atom. The van der Waals surface area contributed by atoms with Gasteiger partial charge >= 0.3 is 5.69 Å². The van der Waals surface area contributed by atoms with Gasteiger partial charge in [-0.15, -0.1) is 0 Å². The van der Waals surface area contributed by atoms with Gasteiger partial charge in [0.05, 0.1) is 6.04 Å². The summed E-state index contributed by atoms with van der Waals surface area (Å²) in [6.07, 6.45) is 1.48. The minimum atomic E-state index is -0.832. The van der Waals surface area contributed by atoms with E-state index in [9.17, 15) is 23.9 Å². The first-order valence-electron chi connectivity index (χ1n) is 9.30. The third-order valence-electron chi connectivity index (χ3n) is 5.36. The van der Waals surface area contributed by atoms with Gasteiger partial charge < -0.3 is 15.3 Å². The van der Waals surface area contributed by atoms with Crippen LogP contribution in [0.2, 0.25) is 0 Å². The Morgan fingerprint density at radius 2 is 1.89 bits per heavy atom. The quantitative estimate of drug-likeness (QED) is 0.795. The summed E-state index contributed by atoms with van der Waals surface area (Å²) < 4.78 is 15.3. The van der Waals surface area contributed by atoms with E-state index in [-0.39, 0.29) is 37.2 Å². The standard InChI is InChI=1S/C19H21FN4O4/c20-13-5-3-12(4-6-13)11-22-8-9-23-15(17(22)26)16(25)18(27)24(19(23)28)14-2-1-7-21-10-14/h3-6,14,21,25H,1-2,7-11H2. The molecule has 2 aliphatic heterocycles. The van der Waals surface area contributed by atoms with Crippen LogP contribution in [-0.4, -0.2) is 44.7 Å². The van der Waals surface area contributed by atoms with Crippen molar-refractivity contribution < 1.29 is 14.3 Å². The van der Waals surface area contributed by atoms with Gasteiger partial charge in [0, 0.05) is 26.2 Å². The molecule has 1 aromatic carbocycles. The summed E-state index contributed by atoms with van der Waals surface area (Å²) in [5, 5.41) is 13.6. The highest BCUT2D eigenvalue weighted by molar-refractivity contribution is 5.95. The molecular weight excluding hydrogens is 367 g/mol. The van der Waals surface area contributed by atoms with Crippen molar-refractivity contribution in [2.45, 2.75) is 32.0 Å². The van der Waals surface area contributed by atoms with Gasteiger partial charge in [-0.3, -0.25) is 18.7 Å². The maximum atomic E-state index is 13.1. The summed E-state index contributed by atoms with van der Waals surface area (Å²) >= 11 is 0. The van der Waals surface area contributed by atoms with E-state index in [2.05, 4.69) is 5.32 Å². The molecule has 0 aliphatic carbocycles. The molecule has 0 bridgehead atoms. The summed E-state index contributed by atoms with van der Waals surface area (Å²) in [4.78, 5) is 39.9. The Morgan fingerprint density at radius 1 is 1.14 bits per heavy atom. The topological polar surface area (TPSA) is 96.6 Å². The van der Waals surface area contributed by atoms with Crippen LogP contribution in [0.1, 0.15) is 34.9 Å². The van der Waals surface area contributed by atoms with E-state index in [1.807, 2.05) is 0 Å². The van der Waals surface area contributed by atoms with Gasteiger partial charge in [-0.2, -0.15) is 0 Å². The fourth-order valence-electron chi connectivity index (χ4n) is 3.89. The molecule has 1 atom stereocenters. The molecule has 8 nitrogen and oxygen atoms in total. The fourth-order valence-corrected chi connectivity index (χ4v) is 3.89. The van der Waals surface area contributed by atoms with E-state index in [0.717, 1.165) is 17.5 Å². The zero-order chi connectivity index (χ0) is 19.8. The number of fused-ring (bicyclic) bond motifs is 1. The Labute approximate surface area is 159 Å². The van der Waals surface area contributed by atoms with Gasteiger partial charge in [0.1, 0.15) is 5.82 Å². The van der Waals surface area contributed by atoms with Crippen LogP contribution in [0, 0.1) is 5.82 Å². The predicted octanol–water partition coefficient (Wildman–Crippen LogP) is 0.435. The number of carbonyl (C=O) groups excluding carboxylic acids is 1. The summed E-state index contributed by atoms with van der Waals surface area (Å²) in [5.41, 5.74) is -0.960. The summed E-state index contributed by atoms with van der Waals surface area (Å²) in [5.74, 6) is -1.66. The minimum Gasteiger partial charge on any atom is -0.501 e. The number of rotatable bonds is 3. The Kier molecular flexibility index (Phi) is 4.76. The molecule has 0 radical (unpaired) electrons. The maximum Gasteiger partial charge on any atom is 0.332 e. The molecule has 1 aromatic heterocycles. The second kappa shape index (κ2) is 7.23. The molecule has 1 amide bonds. The molecule has 0 saturated carbocycles. The number of hydrogen-bond donors (Lipinski definition) is 2. The maximum absolute atomic E-state index is 13.1. The number of hydrogen-bond acceptors (Lipinski definition) is 5. The lowest BCUT2D eigenvalue weighted by atomic mass is 10.1. The highest BCUT2D eigenvalue weighted by Crippen LogP contribution is 2.21. The predicted molar refractivity (Wildman–Crippen MR) is 98.9 cm³/mol. The molecule has 28 heavy (non-hydrogen) atoms. The lowest BCUT2D eigenvalue weighted by molar-refractivity contribution is 0.0676. The van der Waals surface area contributed by atoms with Gasteiger partial charge in [0.25, 0.3) is 11.5 Å². The number of amides is 1. The lowest BCUT2D eigenvalue weighted by Crippen LogP contribution is -2.52. The third-order valence-corrected chi connectivity index (χ3v) is 5.36. The van der Waals surface area contributed by atoms with Crippen molar-refractivity contribution in [1.29, 1.82) is 0 Å². The fraction of sp³-hybridized carbons (Fsp3) is 0.421. The Bertz CT molecular complexity index is 1020. The molecule has 3 heterocycles. The molecule has 9 heteroatoms. The molecule has 0 spiro atoms. The van der Waals surface area contributed by atoms with E-state index in [4.69, 9.17) is 0 Å². The van der Waals surface area contributed by atoms with E-state index in [0.29, 0.717) is 18.5 Å². The highest BCUT2D eigenvalue weighted by atomic mass is 19.1. The number of piperidine rings is 1. The van der Waals surface area contributed by atoms with Gasteiger partial charge in [-0.05, 0) is 37.1 Å².